The molecule has 2 aromatic rings. The summed E-state index contributed by atoms with van der Waals surface area (Å²) in [5, 5.41) is 0. The van der Waals surface area contributed by atoms with Crippen LogP contribution in [-0.2, 0) is 21.2 Å². The first-order valence-corrected chi connectivity index (χ1v) is 9.61. The summed E-state index contributed by atoms with van der Waals surface area (Å²) in [6.07, 6.45) is 0.280. The average molecular weight is 351 g/mol. The number of nitrogens with zero attached hydrogens (tertiary/aromatic N) is 3. The fourth-order valence-corrected chi connectivity index (χ4v) is 3.97. The van der Waals surface area contributed by atoms with Gasteiger partial charge in [0.05, 0.1) is 12.2 Å². The number of sulfonamides is 1. The van der Waals surface area contributed by atoms with Gasteiger partial charge in [-0.05, 0) is 24.6 Å². The van der Waals surface area contributed by atoms with E-state index in [-0.39, 0.29) is 18.1 Å². The van der Waals surface area contributed by atoms with Gasteiger partial charge in [-0.3, -0.25) is 4.79 Å². The molecule has 8 heteroatoms. The lowest BCUT2D eigenvalue weighted by molar-refractivity contribution is -0.131. The highest BCUT2D eigenvalue weighted by Crippen LogP contribution is 2.18. The second-order valence-electron chi connectivity index (χ2n) is 5.89. The van der Waals surface area contributed by atoms with Crippen molar-refractivity contribution in [3.05, 3.63) is 29.7 Å². The minimum Gasteiger partial charge on any atom is -0.441 e. The number of hydrogen-bond acceptors (Lipinski definition) is 5. The Kier molecular flexibility index (Phi) is 4.60. The van der Waals surface area contributed by atoms with Crippen LogP contribution in [0.25, 0.3) is 11.1 Å². The maximum Gasteiger partial charge on any atom is 0.227 e. The number of rotatable bonds is 4. The fourth-order valence-electron chi connectivity index (χ4n) is 2.88. The predicted octanol–water partition coefficient (Wildman–Crippen LogP) is 1.17. The number of hydrogen-bond donors (Lipinski definition) is 0. The molecule has 1 aliphatic heterocycles. The minimum absolute atomic E-state index is 0.00288. The molecule has 24 heavy (non-hydrogen) atoms. The molecule has 0 unspecified atom stereocenters. The van der Waals surface area contributed by atoms with Crippen molar-refractivity contribution in [3.63, 3.8) is 0 Å². The second-order valence-corrected chi connectivity index (χ2v) is 8.15. The van der Waals surface area contributed by atoms with E-state index in [9.17, 15) is 13.2 Å². The average Bonchev–Trinajstić information content (AvgIpc) is 2.94. The van der Waals surface area contributed by atoms with Gasteiger partial charge in [0.25, 0.3) is 0 Å². The molecule has 1 aliphatic rings. The van der Waals surface area contributed by atoms with Gasteiger partial charge < -0.3 is 9.32 Å². The topological polar surface area (TPSA) is 83.7 Å². The van der Waals surface area contributed by atoms with E-state index in [1.54, 1.807) is 18.7 Å². The van der Waals surface area contributed by atoms with Gasteiger partial charge >= 0.3 is 0 Å². The normalized spacial score (nSPS) is 16.7. The molecule has 7 nitrogen and oxygen atoms in total. The molecule has 0 aliphatic carbocycles. The van der Waals surface area contributed by atoms with E-state index in [1.165, 1.54) is 4.31 Å². The van der Waals surface area contributed by atoms with E-state index in [0.29, 0.717) is 37.7 Å². The molecule has 1 aromatic heterocycles. The molecule has 1 fully saturated rings. The van der Waals surface area contributed by atoms with Gasteiger partial charge in [0, 0.05) is 33.1 Å². The van der Waals surface area contributed by atoms with Crippen molar-refractivity contribution in [2.24, 2.45) is 0 Å². The number of fused-ring (bicyclic) bond motifs is 1. The number of carbonyl (C=O) groups excluding carboxylic acids is 1. The van der Waals surface area contributed by atoms with Crippen molar-refractivity contribution >= 4 is 27.0 Å². The number of piperazine rings is 1. The number of oxazole rings is 1. The monoisotopic (exact) mass is 351 g/mol. The van der Waals surface area contributed by atoms with Gasteiger partial charge in [-0.1, -0.05) is 6.07 Å². The van der Waals surface area contributed by atoms with Crippen LogP contribution in [0.3, 0.4) is 0 Å². The number of aromatic nitrogens is 1. The van der Waals surface area contributed by atoms with Gasteiger partial charge in [-0.2, -0.15) is 4.31 Å². The highest BCUT2D eigenvalue weighted by atomic mass is 32.2. The molecular weight excluding hydrogens is 330 g/mol. The molecule has 1 saturated heterocycles. The fraction of sp³-hybridized carbons (Fsp3) is 0.500. The van der Waals surface area contributed by atoms with Crippen LogP contribution in [-0.4, -0.2) is 60.4 Å². The lowest BCUT2D eigenvalue weighted by Gasteiger charge is -2.33. The molecule has 0 N–H and O–H groups in total. The molecule has 2 heterocycles. The summed E-state index contributed by atoms with van der Waals surface area (Å²) in [7, 11) is -3.17. The first kappa shape index (κ1) is 16.9. The molecule has 0 saturated carbocycles. The summed E-state index contributed by atoms with van der Waals surface area (Å²) in [6.45, 7) is 5.02. The van der Waals surface area contributed by atoms with E-state index in [2.05, 4.69) is 4.98 Å². The molecule has 1 amide bonds. The van der Waals surface area contributed by atoms with Crippen LogP contribution in [0.1, 0.15) is 18.4 Å². The second kappa shape index (κ2) is 6.52. The van der Waals surface area contributed by atoms with Crippen LogP contribution in [0.15, 0.2) is 22.6 Å². The van der Waals surface area contributed by atoms with Gasteiger partial charge in [0.15, 0.2) is 11.5 Å². The minimum atomic E-state index is -3.17. The van der Waals surface area contributed by atoms with Gasteiger partial charge in [-0.15, -0.1) is 0 Å². The summed E-state index contributed by atoms with van der Waals surface area (Å²) in [6, 6.07) is 5.55. The van der Waals surface area contributed by atoms with Crippen LogP contribution in [0.2, 0.25) is 0 Å². The largest absolute Gasteiger partial charge is 0.441 e. The molecule has 0 spiro atoms. The Bertz CT molecular complexity index is 851. The highest BCUT2D eigenvalue weighted by molar-refractivity contribution is 7.89. The molecule has 1 aromatic carbocycles. The first-order chi connectivity index (χ1) is 11.4. The third-order valence-corrected chi connectivity index (χ3v) is 6.15. The molecular formula is C16H21N3O4S. The van der Waals surface area contributed by atoms with Crippen molar-refractivity contribution in [3.8, 4) is 0 Å². The molecule has 0 radical (unpaired) electrons. The lowest BCUT2D eigenvalue weighted by Crippen LogP contribution is -2.51. The van der Waals surface area contributed by atoms with Crippen molar-refractivity contribution in [2.75, 3.05) is 31.9 Å². The SMILES string of the molecule is CCS(=O)(=O)N1CCN(C(=O)Cc2ccc3oc(C)nc3c2)CC1. The van der Waals surface area contributed by atoms with Crippen molar-refractivity contribution in [1.29, 1.82) is 0 Å². The number of amides is 1. The number of benzene rings is 1. The first-order valence-electron chi connectivity index (χ1n) is 8.00. The predicted molar refractivity (Wildman–Crippen MR) is 90.1 cm³/mol. The summed E-state index contributed by atoms with van der Waals surface area (Å²) >= 11 is 0. The zero-order chi connectivity index (χ0) is 17.3. The van der Waals surface area contributed by atoms with Crippen LogP contribution in [0.5, 0.6) is 0 Å². The standard InChI is InChI=1S/C16H21N3O4S/c1-3-24(21,22)19-8-6-18(7-9-19)16(20)11-13-4-5-15-14(10-13)17-12(2)23-15/h4-5,10H,3,6-9,11H2,1-2H3. The van der Waals surface area contributed by atoms with Crippen molar-refractivity contribution < 1.29 is 17.6 Å². The summed E-state index contributed by atoms with van der Waals surface area (Å²) in [5.74, 6) is 0.697. The Balaban J connectivity index is 1.63. The van der Waals surface area contributed by atoms with Crippen molar-refractivity contribution in [1.82, 2.24) is 14.2 Å². The maximum atomic E-state index is 12.4. The van der Waals surface area contributed by atoms with Gasteiger partial charge in [0.1, 0.15) is 5.52 Å². The van der Waals surface area contributed by atoms with Gasteiger partial charge in [-0.25, -0.2) is 13.4 Å². The maximum absolute atomic E-state index is 12.4. The van der Waals surface area contributed by atoms with Crippen LogP contribution in [0.4, 0.5) is 0 Å². The third-order valence-electron chi connectivity index (χ3n) is 4.26. The highest BCUT2D eigenvalue weighted by Gasteiger charge is 2.27. The Morgan fingerprint density at radius 3 is 2.62 bits per heavy atom. The summed E-state index contributed by atoms with van der Waals surface area (Å²) in [4.78, 5) is 18.4. The zero-order valence-electron chi connectivity index (χ0n) is 13.9. The van der Waals surface area contributed by atoms with Gasteiger partial charge in [0.2, 0.25) is 15.9 Å². The van der Waals surface area contributed by atoms with E-state index < -0.39 is 10.0 Å². The zero-order valence-corrected chi connectivity index (χ0v) is 14.7. The number of aryl methyl sites for hydroxylation is 1. The molecule has 3 rings (SSSR count). The smallest absolute Gasteiger partial charge is 0.227 e. The van der Waals surface area contributed by atoms with E-state index in [0.717, 1.165) is 11.1 Å². The van der Waals surface area contributed by atoms with Crippen LogP contribution < -0.4 is 0 Å². The lowest BCUT2D eigenvalue weighted by atomic mass is 10.1. The van der Waals surface area contributed by atoms with E-state index in [4.69, 9.17) is 4.42 Å². The Morgan fingerprint density at radius 2 is 1.96 bits per heavy atom. The third kappa shape index (κ3) is 3.44. The van der Waals surface area contributed by atoms with Crippen LogP contribution >= 0.6 is 0 Å². The quantitative estimate of drug-likeness (QED) is 0.826. The van der Waals surface area contributed by atoms with E-state index in [1.807, 2.05) is 18.2 Å². The Hall–Kier alpha value is -1.93. The summed E-state index contributed by atoms with van der Waals surface area (Å²) < 4.78 is 30.6. The van der Waals surface area contributed by atoms with Crippen molar-refractivity contribution in [2.45, 2.75) is 20.3 Å². The molecule has 0 bridgehead atoms. The van der Waals surface area contributed by atoms with E-state index >= 15 is 0 Å². The molecule has 130 valence electrons. The Morgan fingerprint density at radius 1 is 1.25 bits per heavy atom. The molecule has 0 atom stereocenters. The van der Waals surface area contributed by atoms with Crippen LogP contribution in [0, 0.1) is 6.92 Å². The Labute approximate surface area is 141 Å². The number of carbonyl (C=O) groups is 1. The summed E-state index contributed by atoms with van der Waals surface area (Å²) in [5.41, 5.74) is 2.34.